The first-order valence-corrected chi connectivity index (χ1v) is 13.0. The number of aromatic nitrogens is 2. The molecule has 33 heavy (non-hydrogen) atoms. The van der Waals surface area contributed by atoms with Crippen molar-refractivity contribution in [3.8, 4) is 5.75 Å². The van der Waals surface area contributed by atoms with E-state index in [1.165, 1.54) is 26.2 Å². The summed E-state index contributed by atoms with van der Waals surface area (Å²) in [6.45, 7) is 6.08. The maximum Gasteiger partial charge on any atom is 0.247 e. The molecule has 0 aliphatic heterocycles. The molecule has 0 bridgehead atoms. The number of phenolic OH excluding ortho intramolecular Hbond substituents is 1. The minimum absolute atomic E-state index is 0.0140. The fourth-order valence-electron chi connectivity index (χ4n) is 3.04. The highest BCUT2D eigenvalue weighted by molar-refractivity contribution is 7.89. The molecule has 3 rings (SSSR count). The third kappa shape index (κ3) is 5.25. The van der Waals surface area contributed by atoms with Gasteiger partial charge in [-0.3, -0.25) is 0 Å². The number of anilines is 3. The SMILES string of the molecule is CC[C@@H](Nc1n[s+]([O-])nc1Nc1ccc(Cl)c(S(=O)(=O)N(C)C)c1O)c1cc(C(C)C)co1. The number of hydrogen-bond donors (Lipinski definition) is 3. The van der Waals surface area contributed by atoms with E-state index in [4.69, 9.17) is 16.0 Å². The van der Waals surface area contributed by atoms with Gasteiger partial charge in [0, 0.05) is 22.8 Å². The van der Waals surface area contributed by atoms with Crippen LogP contribution in [0.1, 0.15) is 50.5 Å². The Balaban J connectivity index is 1.94. The summed E-state index contributed by atoms with van der Waals surface area (Å²) in [5, 5.41) is 16.5. The molecular formula is C20H26ClN5O5S2. The molecule has 0 fully saturated rings. The Morgan fingerprint density at radius 3 is 2.52 bits per heavy atom. The van der Waals surface area contributed by atoms with Crippen LogP contribution in [-0.4, -0.2) is 45.2 Å². The third-order valence-corrected chi connectivity index (χ3v) is 8.00. The normalized spacial score (nSPS) is 13.5. The Morgan fingerprint density at radius 1 is 1.27 bits per heavy atom. The predicted molar refractivity (Wildman–Crippen MR) is 127 cm³/mol. The first kappa shape index (κ1) is 25.2. The van der Waals surface area contributed by atoms with Crippen LogP contribution in [0.3, 0.4) is 0 Å². The summed E-state index contributed by atoms with van der Waals surface area (Å²) >= 11 is 4.17. The Bertz CT molecular complexity index is 1240. The summed E-state index contributed by atoms with van der Waals surface area (Å²) in [6, 6.07) is 4.40. The second kappa shape index (κ2) is 9.85. The second-order valence-electron chi connectivity index (χ2n) is 7.84. The lowest BCUT2D eigenvalue weighted by Crippen LogP contribution is -2.22. The van der Waals surface area contributed by atoms with E-state index in [2.05, 4.69) is 33.2 Å². The number of furan rings is 1. The van der Waals surface area contributed by atoms with Crippen molar-refractivity contribution in [1.29, 1.82) is 0 Å². The van der Waals surface area contributed by atoms with Gasteiger partial charge in [0.15, 0.2) is 16.9 Å². The maximum atomic E-state index is 12.6. The van der Waals surface area contributed by atoms with Crippen molar-refractivity contribution in [2.75, 3.05) is 24.7 Å². The lowest BCUT2D eigenvalue weighted by molar-refractivity contribution is 0.454. The van der Waals surface area contributed by atoms with Crippen molar-refractivity contribution >= 4 is 50.1 Å². The number of halogens is 1. The second-order valence-corrected chi connectivity index (χ2v) is 11.2. The highest BCUT2D eigenvalue weighted by atomic mass is 35.5. The Labute approximate surface area is 200 Å². The Kier molecular flexibility index (Phi) is 7.54. The van der Waals surface area contributed by atoms with Crippen LogP contribution in [-0.2, 0) is 10.0 Å². The molecule has 1 unspecified atom stereocenters. The summed E-state index contributed by atoms with van der Waals surface area (Å²) in [5.74, 6) is 0.670. The molecule has 2 aromatic heterocycles. The number of sulfonamides is 1. The molecule has 0 spiro atoms. The van der Waals surface area contributed by atoms with Crippen LogP contribution in [0.15, 0.2) is 33.8 Å². The van der Waals surface area contributed by atoms with Crippen LogP contribution in [0.5, 0.6) is 5.75 Å². The number of hydrogen-bond acceptors (Lipinski definition) is 9. The molecule has 3 aromatic rings. The zero-order valence-electron chi connectivity index (χ0n) is 18.8. The highest BCUT2D eigenvalue weighted by Gasteiger charge is 2.28. The highest BCUT2D eigenvalue weighted by Crippen LogP contribution is 2.40. The summed E-state index contributed by atoms with van der Waals surface area (Å²) in [6.07, 6.45) is 2.34. The number of aromatic hydroxyl groups is 1. The summed E-state index contributed by atoms with van der Waals surface area (Å²) in [7, 11) is -1.37. The van der Waals surface area contributed by atoms with E-state index >= 15 is 0 Å². The maximum absolute atomic E-state index is 12.6. The van der Waals surface area contributed by atoms with Crippen molar-refractivity contribution in [2.24, 2.45) is 0 Å². The van der Waals surface area contributed by atoms with E-state index in [0.29, 0.717) is 18.1 Å². The summed E-state index contributed by atoms with van der Waals surface area (Å²) in [4.78, 5) is -0.450. The summed E-state index contributed by atoms with van der Waals surface area (Å²) in [5.41, 5.74) is 1.06. The first-order valence-electron chi connectivity index (χ1n) is 10.1. The average Bonchev–Trinajstić information content (AvgIpc) is 3.35. The standard InChI is InChI=1S/C20H26ClN5O5S2/c1-6-14(16-9-12(10-31-16)11(2)3)22-19-20(25-32(28)24-19)23-15-8-7-13(21)18(17(15)27)33(29,30)26(4)5/h7-11,14,27H,6H2,1-5H3,(H,22,24)(H,23,25)/t14-,32?/m1/s1. The van der Waals surface area contributed by atoms with Gasteiger partial charge in [-0.25, -0.2) is 12.7 Å². The number of rotatable bonds is 9. The minimum atomic E-state index is -4.03. The van der Waals surface area contributed by atoms with Crippen molar-refractivity contribution in [3.63, 3.8) is 0 Å². The molecule has 0 saturated carbocycles. The van der Waals surface area contributed by atoms with Gasteiger partial charge in [0.2, 0.25) is 21.7 Å². The van der Waals surface area contributed by atoms with Crippen molar-refractivity contribution in [2.45, 2.75) is 44.0 Å². The van der Waals surface area contributed by atoms with Gasteiger partial charge >= 0.3 is 0 Å². The third-order valence-electron chi connectivity index (χ3n) is 5.01. The van der Waals surface area contributed by atoms with Gasteiger partial charge in [-0.1, -0.05) is 32.4 Å². The quantitative estimate of drug-likeness (QED) is 0.269. The first-order chi connectivity index (χ1) is 15.4. The van der Waals surface area contributed by atoms with E-state index in [0.717, 1.165) is 9.87 Å². The molecule has 180 valence electrons. The van der Waals surface area contributed by atoms with E-state index in [9.17, 15) is 18.1 Å². The average molecular weight is 516 g/mol. The molecular weight excluding hydrogens is 490 g/mol. The van der Waals surface area contributed by atoms with Crippen LogP contribution >= 0.6 is 22.7 Å². The molecule has 1 aromatic carbocycles. The zero-order chi connectivity index (χ0) is 24.5. The monoisotopic (exact) mass is 515 g/mol. The van der Waals surface area contributed by atoms with Gasteiger partial charge < -0.3 is 24.7 Å². The van der Waals surface area contributed by atoms with Crippen LogP contribution in [0.25, 0.3) is 0 Å². The lowest BCUT2D eigenvalue weighted by atomic mass is 10.1. The fourth-order valence-corrected chi connectivity index (χ4v) is 5.14. The molecule has 2 heterocycles. The van der Waals surface area contributed by atoms with Crippen molar-refractivity contribution in [1.82, 2.24) is 13.1 Å². The molecule has 2 atom stereocenters. The van der Waals surface area contributed by atoms with E-state index in [1.54, 1.807) is 6.26 Å². The fraction of sp³-hybridized carbons (Fsp3) is 0.400. The number of nitrogens with zero attached hydrogens (tertiary/aromatic N) is 3. The molecule has 10 nitrogen and oxygen atoms in total. The van der Waals surface area contributed by atoms with Crippen molar-refractivity contribution < 1.29 is 22.5 Å². The smallest absolute Gasteiger partial charge is 0.247 e. The molecule has 0 aliphatic carbocycles. The number of benzene rings is 1. The molecule has 0 saturated heterocycles. The molecule has 0 radical (unpaired) electrons. The number of nitrogens with one attached hydrogen (secondary N) is 2. The van der Waals surface area contributed by atoms with Crippen molar-refractivity contribution in [3.05, 3.63) is 40.8 Å². The Hall–Kier alpha value is -2.38. The van der Waals surface area contributed by atoms with Crippen LogP contribution in [0, 0.1) is 0 Å². The van der Waals surface area contributed by atoms with Crippen LogP contribution < -0.4 is 10.6 Å². The van der Waals surface area contributed by atoms with E-state index in [-0.39, 0.29) is 28.4 Å². The zero-order valence-corrected chi connectivity index (χ0v) is 21.2. The Morgan fingerprint density at radius 2 is 1.94 bits per heavy atom. The summed E-state index contributed by atoms with van der Waals surface area (Å²) < 4.78 is 51.8. The lowest BCUT2D eigenvalue weighted by Gasteiger charge is -2.17. The van der Waals surface area contributed by atoms with E-state index in [1.807, 2.05) is 13.0 Å². The van der Waals surface area contributed by atoms with Gasteiger partial charge in [0.05, 0.1) is 23.0 Å². The molecule has 3 N–H and O–H groups in total. The molecule has 0 aliphatic rings. The molecule has 13 heteroatoms. The minimum Gasteiger partial charge on any atom is -0.546 e. The molecule has 0 amide bonds. The number of phenols is 1. The van der Waals surface area contributed by atoms with Crippen LogP contribution in [0.2, 0.25) is 5.02 Å². The van der Waals surface area contributed by atoms with Gasteiger partial charge in [-0.05, 0) is 36.1 Å². The van der Waals surface area contributed by atoms with Gasteiger partial charge in [-0.2, -0.15) is 0 Å². The van der Waals surface area contributed by atoms with E-state index < -0.39 is 31.8 Å². The predicted octanol–water partition coefficient (Wildman–Crippen LogP) is 4.84. The topological polar surface area (TPSA) is 144 Å². The van der Waals surface area contributed by atoms with Crippen LogP contribution in [0.4, 0.5) is 17.3 Å². The van der Waals surface area contributed by atoms with Gasteiger partial charge in [0.1, 0.15) is 10.7 Å². The van der Waals surface area contributed by atoms with Gasteiger partial charge in [-0.15, -0.1) is 0 Å². The largest absolute Gasteiger partial charge is 0.546 e. The van der Waals surface area contributed by atoms with Gasteiger partial charge in [0.25, 0.3) is 0 Å².